The SMILES string of the molecule is CC(C)C[C@@H](C(=O)NN(CC(C)C)C(=O)[C@@H](CO)NC(=O)OCC1c2ccccc2-c2ccccc21)[C@H](C/C=C/c1ccccc1)C(=O)O. The largest absolute Gasteiger partial charge is 0.481 e. The number of carbonyl (C=O) groups is 4. The third-order valence-corrected chi connectivity index (χ3v) is 8.54. The van der Waals surface area contributed by atoms with Crippen LogP contribution >= 0.6 is 0 Å². The summed E-state index contributed by atoms with van der Waals surface area (Å²) >= 11 is 0. The van der Waals surface area contributed by atoms with Crippen molar-refractivity contribution < 1.29 is 34.1 Å². The maximum atomic E-state index is 13.8. The van der Waals surface area contributed by atoms with Crippen molar-refractivity contribution in [3.63, 3.8) is 0 Å². The molecule has 3 amide bonds. The molecule has 4 rings (SSSR count). The fraction of sp³-hybridized carbons (Fsp3) is 0.385. The van der Waals surface area contributed by atoms with Crippen molar-refractivity contribution >= 4 is 30.0 Å². The summed E-state index contributed by atoms with van der Waals surface area (Å²) in [7, 11) is 0. The lowest BCUT2D eigenvalue weighted by Crippen LogP contribution is -2.58. The van der Waals surface area contributed by atoms with Gasteiger partial charge in [0.25, 0.3) is 5.91 Å². The van der Waals surface area contributed by atoms with Crippen molar-refractivity contribution in [2.24, 2.45) is 23.7 Å². The summed E-state index contributed by atoms with van der Waals surface area (Å²) < 4.78 is 5.58. The van der Waals surface area contributed by atoms with E-state index in [4.69, 9.17) is 4.74 Å². The third kappa shape index (κ3) is 9.79. The van der Waals surface area contributed by atoms with Crippen molar-refractivity contribution in [2.45, 2.75) is 52.5 Å². The molecule has 260 valence electrons. The number of aliphatic carboxylic acids is 1. The van der Waals surface area contributed by atoms with Crippen LogP contribution in [0.4, 0.5) is 4.79 Å². The van der Waals surface area contributed by atoms with Crippen LogP contribution in [-0.4, -0.2) is 64.9 Å². The molecule has 0 heterocycles. The molecule has 10 nitrogen and oxygen atoms in total. The number of aliphatic hydroxyl groups is 1. The number of alkyl carbamates (subject to hydrolysis) is 1. The molecule has 3 aromatic carbocycles. The average molecular weight is 670 g/mol. The van der Waals surface area contributed by atoms with Crippen molar-refractivity contribution in [2.75, 3.05) is 19.8 Å². The van der Waals surface area contributed by atoms with E-state index in [1.54, 1.807) is 6.08 Å². The number of aliphatic hydroxyl groups excluding tert-OH is 1. The summed E-state index contributed by atoms with van der Waals surface area (Å²) in [6.07, 6.45) is 3.05. The molecule has 0 fully saturated rings. The van der Waals surface area contributed by atoms with E-state index in [1.165, 1.54) is 0 Å². The lowest BCUT2D eigenvalue weighted by atomic mass is 9.82. The van der Waals surface area contributed by atoms with Crippen LogP contribution in [-0.2, 0) is 19.1 Å². The number of fused-ring (bicyclic) bond motifs is 3. The van der Waals surface area contributed by atoms with Gasteiger partial charge in [0.1, 0.15) is 12.6 Å². The van der Waals surface area contributed by atoms with E-state index in [-0.39, 0.29) is 43.7 Å². The Balaban J connectivity index is 1.44. The van der Waals surface area contributed by atoms with Gasteiger partial charge >= 0.3 is 12.1 Å². The predicted molar refractivity (Wildman–Crippen MR) is 188 cm³/mol. The molecular weight excluding hydrogens is 622 g/mol. The number of carbonyl (C=O) groups excluding carboxylic acids is 3. The first-order valence-electron chi connectivity index (χ1n) is 16.8. The number of hydrogen-bond donors (Lipinski definition) is 4. The van der Waals surface area contributed by atoms with Gasteiger partial charge in [-0.15, -0.1) is 0 Å². The number of hydrazine groups is 1. The number of rotatable bonds is 15. The van der Waals surface area contributed by atoms with Crippen molar-refractivity contribution in [3.05, 3.63) is 102 Å². The Bertz CT molecular complexity index is 1580. The van der Waals surface area contributed by atoms with Crippen molar-refractivity contribution in [1.82, 2.24) is 15.8 Å². The number of nitrogens with zero attached hydrogens (tertiary/aromatic N) is 1. The fourth-order valence-electron chi connectivity index (χ4n) is 6.24. The number of benzene rings is 3. The van der Waals surface area contributed by atoms with Gasteiger partial charge in [-0.3, -0.25) is 24.8 Å². The van der Waals surface area contributed by atoms with Crippen molar-refractivity contribution in [3.8, 4) is 11.1 Å². The topological polar surface area (TPSA) is 145 Å². The highest BCUT2D eigenvalue weighted by Gasteiger charge is 2.36. The highest BCUT2D eigenvalue weighted by Crippen LogP contribution is 2.44. The lowest BCUT2D eigenvalue weighted by molar-refractivity contribution is -0.152. The Morgan fingerprint density at radius 2 is 1.43 bits per heavy atom. The Morgan fingerprint density at radius 3 is 1.98 bits per heavy atom. The smallest absolute Gasteiger partial charge is 0.407 e. The van der Waals surface area contributed by atoms with Gasteiger partial charge in [-0.2, -0.15) is 0 Å². The van der Waals surface area contributed by atoms with E-state index in [0.29, 0.717) is 0 Å². The molecular formula is C39H47N3O7. The van der Waals surface area contributed by atoms with E-state index < -0.39 is 48.4 Å². The van der Waals surface area contributed by atoms with E-state index in [2.05, 4.69) is 10.7 Å². The van der Waals surface area contributed by atoms with Gasteiger partial charge in [-0.05, 0) is 52.5 Å². The quantitative estimate of drug-likeness (QED) is 0.148. The van der Waals surface area contributed by atoms with Gasteiger partial charge in [0.05, 0.1) is 18.4 Å². The second kappa shape index (κ2) is 17.4. The second-order valence-corrected chi connectivity index (χ2v) is 13.3. The van der Waals surface area contributed by atoms with Gasteiger partial charge in [-0.1, -0.05) is 119 Å². The Kier molecular flexibility index (Phi) is 13.1. The second-order valence-electron chi connectivity index (χ2n) is 13.3. The first kappa shape index (κ1) is 36.9. The first-order valence-corrected chi connectivity index (χ1v) is 16.8. The van der Waals surface area contributed by atoms with Crippen LogP contribution in [0.25, 0.3) is 17.2 Å². The number of carboxylic acid groups (broad SMARTS) is 1. The summed E-state index contributed by atoms with van der Waals surface area (Å²) in [6.45, 7) is 6.83. The molecule has 0 aliphatic heterocycles. The van der Waals surface area contributed by atoms with Crippen LogP contribution in [0.2, 0.25) is 0 Å². The summed E-state index contributed by atoms with van der Waals surface area (Å²) in [4.78, 5) is 52.9. The number of allylic oxidation sites excluding steroid dienone is 1. The van der Waals surface area contributed by atoms with Crippen LogP contribution in [0.1, 0.15) is 63.1 Å². The first-order chi connectivity index (χ1) is 23.5. The van der Waals surface area contributed by atoms with E-state index >= 15 is 0 Å². The Hall–Kier alpha value is -4.96. The van der Waals surface area contributed by atoms with Crippen LogP contribution < -0.4 is 10.7 Å². The van der Waals surface area contributed by atoms with Crippen LogP contribution in [0.3, 0.4) is 0 Å². The molecule has 3 aromatic rings. The number of carboxylic acids is 1. The Morgan fingerprint density at radius 1 is 0.837 bits per heavy atom. The lowest BCUT2D eigenvalue weighted by Gasteiger charge is -2.32. The minimum absolute atomic E-state index is 0.00891. The zero-order valence-corrected chi connectivity index (χ0v) is 28.5. The molecule has 0 bridgehead atoms. The highest BCUT2D eigenvalue weighted by atomic mass is 16.5. The molecule has 10 heteroatoms. The van der Waals surface area contributed by atoms with Crippen molar-refractivity contribution in [1.29, 1.82) is 0 Å². The normalized spacial score (nSPS) is 14.2. The zero-order chi connectivity index (χ0) is 35.5. The molecule has 4 N–H and O–H groups in total. The monoisotopic (exact) mass is 669 g/mol. The maximum absolute atomic E-state index is 13.8. The average Bonchev–Trinajstić information content (AvgIpc) is 3.40. The van der Waals surface area contributed by atoms with Crippen LogP contribution in [0.15, 0.2) is 84.9 Å². The van der Waals surface area contributed by atoms with Gasteiger partial charge in [0.15, 0.2) is 0 Å². The third-order valence-electron chi connectivity index (χ3n) is 8.54. The summed E-state index contributed by atoms with van der Waals surface area (Å²) in [5.74, 6) is -4.81. The minimum atomic E-state index is -1.41. The van der Waals surface area contributed by atoms with Crippen LogP contribution in [0.5, 0.6) is 0 Å². The molecule has 0 aromatic heterocycles. The molecule has 49 heavy (non-hydrogen) atoms. The molecule has 0 spiro atoms. The zero-order valence-electron chi connectivity index (χ0n) is 28.5. The molecule has 3 atom stereocenters. The number of hydrogen-bond acceptors (Lipinski definition) is 6. The van der Waals surface area contributed by atoms with Crippen LogP contribution in [0, 0.1) is 23.7 Å². The van der Waals surface area contributed by atoms with E-state index in [0.717, 1.165) is 32.8 Å². The van der Waals surface area contributed by atoms with Gasteiger partial charge in [0, 0.05) is 12.5 Å². The molecule has 0 saturated carbocycles. The molecule has 1 aliphatic rings. The number of ether oxygens (including phenoxy) is 1. The molecule has 0 saturated heterocycles. The van der Waals surface area contributed by atoms with E-state index in [9.17, 15) is 29.4 Å². The number of amides is 3. The summed E-state index contributed by atoms with van der Waals surface area (Å²) in [6, 6.07) is 23.9. The molecule has 0 radical (unpaired) electrons. The standard InChI is InChI=1S/C39H47N3O7/c1-25(2)21-33(32(38(46)47)20-12-15-27-13-6-5-7-14-27)36(44)41-42(22-26(3)4)37(45)35(23-43)40-39(48)49-24-34-30-18-10-8-16-28(30)29-17-9-11-19-31(29)34/h5-19,25-26,32-35,43H,20-24H2,1-4H3,(H,40,48)(H,41,44)(H,46,47)/b15-12+/t32-,33+,35+/m0/s1. The van der Waals surface area contributed by atoms with Gasteiger partial charge in [-0.25, -0.2) is 4.79 Å². The maximum Gasteiger partial charge on any atom is 0.407 e. The Labute approximate surface area is 288 Å². The summed E-state index contributed by atoms with van der Waals surface area (Å²) in [5.41, 5.74) is 7.75. The number of nitrogens with one attached hydrogen (secondary N) is 2. The summed E-state index contributed by atoms with van der Waals surface area (Å²) in [5, 5.41) is 23.8. The fourth-order valence-corrected chi connectivity index (χ4v) is 6.24. The van der Waals surface area contributed by atoms with Gasteiger partial charge in [0.2, 0.25) is 5.91 Å². The molecule has 0 unspecified atom stereocenters. The predicted octanol–water partition coefficient (Wildman–Crippen LogP) is 5.87. The minimum Gasteiger partial charge on any atom is -0.481 e. The highest BCUT2D eigenvalue weighted by molar-refractivity contribution is 5.90. The van der Waals surface area contributed by atoms with Gasteiger partial charge < -0.3 is 20.3 Å². The molecule has 1 aliphatic carbocycles. The van der Waals surface area contributed by atoms with E-state index in [1.807, 2.05) is 113 Å².